The molecule has 0 aromatic heterocycles. The lowest BCUT2D eigenvalue weighted by Crippen LogP contribution is -2.31. The Morgan fingerprint density at radius 3 is 2.65 bits per heavy atom. The number of benzene rings is 1. The smallest absolute Gasteiger partial charge is 0.252 e. The maximum Gasteiger partial charge on any atom is 0.252 e. The van der Waals surface area contributed by atoms with Gasteiger partial charge in [-0.1, -0.05) is 24.4 Å². The third-order valence-corrected chi connectivity index (χ3v) is 4.27. The predicted molar refractivity (Wildman–Crippen MR) is 80.0 cm³/mol. The molecule has 1 saturated carbocycles. The van der Waals surface area contributed by atoms with Crippen molar-refractivity contribution in [3.63, 3.8) is 0 Å². The van der Waals surface area contributed by atoms with Gasteiger partial charge in [0.1, 0.15) is 5.75 Å². The molecule has 0 aliphatic heterocycles. The van der Waals surface area contributed by atoms with E-state index in [4.69, 9.17) is 27.8 Å². The Kier molecular flexibility index (Phi) is 5.26. The van der Waals surface area contributed by atoms with Crippen molar-refractivity contribution in [2.24, 2.45) is 23.3 Å². The first-order chi connectivity index (χ1) is 9.61. The number of carbonyl (C=O) groups excluding carboxylic acids is 1. The molecule has 1 amide bonds. The van der Waals surface area contributed by atoms with E-state index in [0.717, 1.165) is 12.8 Å². The van der Waals surface area contributed by atoms with Crippen LogP contribution in [0.4, 0.5) is 0 Å². The Morgan fingerprint density at radius 1 is 1.30 bits per heavy atom. The quantitative estimate of drug-likeness (QED) is 0.876. The van der Waals surface area contributed by atoms with E-state index in [2.05, 4.69) is 0 Å². The molecule has 0 bridgehead atoms. The average molecular weight is 297 g/mol. The molecule has 0 heterocycles. The summed E-state index contributed by atoms with van der Waals surface area (Å²) in [5.41, 5.74) is 11.5. The topological polar surface area (TPSA) is 78.3 Å². The number of rotatable bonds is 5. The molecule has 5 heteroatoms. The van der Waals surface area contributed by atoms with Crippen LogP contribution in [0.5, 0.6) is 5.75 Å². The Bertz CT molecular complexity index is 479. The Hall–Kier alpha value is -1.26. The second-order valence-corrected chi connectivity index (χ2v) is 5.79. The van der Waals surface area contributed by atoms with E-state index in [0.29, 0.717) is 41.3 Å². The standard InChI is InChI=1S/C15H21ClN2O2/c16-12-5-6-13(15(18)19)14(7-12)20-9-11-4-2-1-3-10(11)8-17/h5-7,10-11H,1-4,8-9,17H2,(H2,18,19). The molecule has 1 aromatic rings. The molecule has 2 rings (SSSR count). The van der Waals surface area contributed by atoms with Crippen LogP contribution in [0.15, 0.2) is 18.2 Å². The summed E-state index contributed by atoms with van der Waals surface area (Å²) in [6.07, 6.45) is 4.72. The van der Waals surface area contributed by atoms with Gasteiger partial charge in [-0.2, -0.15) is 0 Å². The molecule has 1 aliphatic rings. The zero-order chi connectivity index (χ0) is 14.5. The summed E-state index contributed by atoms with van der Waals surface area (Å²) in [5, 5.41) is 0.531. The van der Waals surface area contributed by atoms with E-state index in [1.54, 1.807) is 18.2 Å². The highest BCUT2D eigenvalue weighted by Gasteiger charge is 2.25. The molecule has 1 aromatic carbocycles. The van der Waals surface area contributed by atoms with Gasteiger partial charge in [-0.05, 0) is 49.4 Å². The van der Waals surface area contributed by atoms with Gasteiger partial charge in [-0.15, -0.1) is 0 Å². The first kappa shape index (κ1) is 15.1. The monoisotopic (exact) mass is 296 g/mol. The van der Waals surface area contributed by atoms with Gasteiger partial charge in [0.15, 0.2) is 0 Å². The summed E-state index contributed by atoms with van der Waals surface area (Å²) < 4.78 is 5.81. The van der Waals surface area contributed by atoms with Crippen LogP contribution in [-0.2, 0) is 0 Å². The van der Waals surface area contributed by atoms with Crippen molar-refractivity contribution in [1.29, 1.82) is 0 Å². The van der Waals surface area contributed by atoms with E-state index < -0.39 is 5.91 Å². The van der Waals surface area contributed by atoms with Gasteiger partial charge < -0.3 is 16.2 Å². The number of nitrogens with two attached hydrogens (primary N) is 2. The average Bonchev–Trinajstić information content (AvgIpc) is 2.45. The second-order valence-electron chi connectivity index (χ2n) is 5.36. The summed E-state index contributed by atoms with van der Waals surface area (Å²) in [4.78, 5) is 11.4. The Balaban J connectivity index is 2.06. The maximum atomic E-state index is 11.4. The van der Waals surface area contributed by atoms with Crippen LogP contribution in [-0.4, -0.2) is 19.1 Å². The van der Waals surface area contributed by atoms with Crippen LogP contribution in [0, 0.1) is 11.8 Å². The summed E-state index contributed by atoms with van der Waals surface area (Å²) in [7, 11) is 0. The molecular weight excluding hydrogens is 276 g/mol. The molecule has 2 atom stereocenters. The fourth-order valence-electron chi connectivity index (χ4n) is 2.83. The highest BCUT2D eigenvalue weighted by atomic mass is 35.5. The fraction of sp³-hybridized carbons (Fsp3) is 0.533. The van der Waals surface area contributed by atoms with Crippen LogP contribution >= 0.6 is 11.6 Å². The lowest BCUT2D eigenvalue weighted by atomic mass is 9.80. The molecule has 0 radical (unpaired) electrons. The fourth-order valence-corrected chi connectivity index (χ4v) is 2.99. The maximum absolute atomic E-state index is 11.4. The SMILES string of the molecule is NCC1CCCCC1COc1cc(Cl)ccc1C(N)=O. The molecule has 0 spiro atoms. The zero-order valence-corrected chi connectivity index (χ0v) is 12.2. The van der Waals surface area contributed by atoms with Crippen molar-refractivity contribution in [2.75, 3.05) is 13.2 Å². The normalized spacial score (nSPS) is 22.5. The summed E-state index contributed by atoms with van der Waals surface area (Å²) in [6, 6.07) is 4.88. The van der Waals surface area contributed by atoms with Gasteiger partial charge in [0, 0.05) is 5.02 Å². The predicted octanol–water partition coefficient (Wildman–Crippen LogP) is 2.58. The first-order valence-corrected chi connectivity index (χ1v) is 7.42. The van der Waals surface area contributed by atoms with Crippen LogP contribution in [0.25, 0.3) is 0 Å². The second kappa shape index (κ2) is 6.95. The van der Waals surface area contributed by atoms with Crippen molar-refractivity contribution >= 4 is 17.5 Å². The summed E-state index contributed by atoms with van der Waals surface area (Å²) >= 11 is 5.95. The van der Waals surface area contributed by atoms with Gasteiger partial charge in [0.2, 0.25) is 0 Å². The van der Waals surface area contributed by atoms with Crippen LogP contribution in [0.2, 0.25) is 5.02 Å². The third kappa shape index (κ3) is 3.64. The minimum absolute atomic E-state index is 0.370. The van der Waals surface area contributed by atoms with Crippen LogP contribution in [0.3, 0.4) is 0 Å². The van der Waals surface area contributed by atoms with Gasteiger partial charge >= 0.3 is 0 Å². The number of amides is 1. The number of halogens is 1. The van der Waals surface area contributed by atoms with Crippen LogP contribution in [0.1, 0.15) is 36.0 Å². The van der Waals surface area contributed by atoms with Crippen molar-refractivity contribution in [3.8, 4) is 5.75 Å². The molecule has 1 fully saturated rings. The highest BCUT2D eigenvalue weighted by molar-refractivity contribution is 6.30. The number of ether oxygens (including phenoxy) is 1. The van der Waals surface area contributed by atoms with Gasteiger partial charge in [0.05, 0.1) is 12.2 Å². The molecule has 1 aliphatic carbocycles. The molecule has 2 unspecified atom stereocenters. The number of hydrogen-bond acceptors (Lipinski definition) is 3. The Morgan fingerprint density at radius 2 is 2.00 bits per heavy atom. The number of primary amides is 1. The van der Waals surface area contributed by atoms with E-state index in [1.165, 1.54) is 12.8 Å². The van der Waals surface area contributed by atoms with Crippen molar-refractivity contribution < 1.29 is 9.53 Å². The summed E-state index contributed by atoms with van der Waals surface area (Å²) in [5.74, 6) is 0.899. The molecule has 0 saturated heterocycles. The van der Waals surface area contributed by atoms with E-state index in [9.17, 15) is 4.79 Å². The van der Waals surface area contributed by atoms with Crippen molar-refractivity contribution in [1.82, 2.24) is 0 Å². The lowest BCUT2D eigenvalue weighted by Gasteiger charge is -2.30. The number of hydrogen-bond donors (Lipinski definition) is 2. The van der Waals surface area contributed by atoms with Gasteiger partial charge in [0.25, 0.3) is 5.91 Å². The first-order valence-electron chi connectivity index (χ1n) is 7.04. The van der Waals surface area contributed by atoms with E-state index in [1.807, 2.05) is 0 Å². The third-order valence-electron chi connectivity index (χ3n) is 4.03. The molecule has 4 nitrogen and oxygen atoms in total. The van der Waals surface area contributed by atoms with Crippen molar-refractivity contribution in [2.45, 2.75) is 25.7 Å². The van der Waals surface area contributed by atoms with Gasteiger partial charge in [-0.25, -0.2) is 0 Å². The zero-order valence-electron chi connectivity index (χ0n) is 11.5. The minimum atomic E-state index is -0.504. The molecular formula is C15H21ClN2O2. The highest BCUT2D eigenvalue weighted by Crippen LogP contribution is 2.31. The lowest BCUT2D eigenvalue weighted by molar-refractivity contribution is 0.0992. The van der Waals surface area contributed by atoms with Gasteiger partial charge in [-0.3, -0.25) is 4.79 Å². The van der Waals surface area contributed by atoms with Crippen LogP contribution < -0.4 is 16.2 Å². The Labute approximate surface area is 124 Å². The number of carbonyl (C=O) groups is 1. The van der Waals surface area contributed by atoms with E-state index in [-0.39, 0.29) is 0 Å². The largest absolute Gasteiger partial charge is 0.492 e. The van der Waals surface area contributed by atoms with Crippen molar-refractivity contribution in [3.05, 3.63) is 28.8 Å². The minimum Gasteiger partial charge on any atom is -0.492 e. The molecule has 4 N–H and O–H groups in total. The molecule has 20 heavy (non-hydrogen) atoms. The van der Waals surface area contributed by atoms with E-state index >= 15 is 0 Å². The molecule has 110 valence electrons. The summed E-state index contributed by atoms with van der Waals surface area (Å²) in [6.45, 7) is 1.24.